The third-order valence-electron chi connectivity index (χ3n) is 7.74. The molecule has 0 aliphatic rings. The molecule has 4 nitrogen and oxygen atoms in total. The molecule has 0 N–H and O–H groups in total. The van der Waals surface area contributed by atoms with Crippen LogP contribution in [-0.2, 0) is 19.1 Å². The van der Waals surface area contributed by atoms with Gasteiger partial charge in [-0.2, -0.15) is 0 Å². The van der Waals surface area contributed by atoms with Crippen molar-refractivity contribution in [1.82, 2.24) is 0 Å². The Morgan fingerprint density at radius 2 is 0.561 bits per heavy atom. The highest BCUT2D eigenvalue weighted by Gasteiger charge is 2.03. The van der Waals surface area contributed by atoms with E-state index in [9.17, 15) is 9.59 Å². The molecule has 0 aliphatic carbocycles. The summed E-state index contributed by atoms with van der Waals surface area (Å²) in [6.45, 7) is 10.1. The van der Waals surface area contributed by atoms with Gasteiger partial charge in [-0.15, -0.1) is 0 Å². The number of rotatable bonds is 31. The van der Waals surface area contributed by atoms with E-state index in [4.69, 9.17) is 9.47 Å². The first-order valence-corrected chi connectivity index (χ1v) is 18.4. The van der Waals surface area contributed by atoms with Gasteiger partial charge in [-0.05, 0) is 25.7 Å². The molecule has 0 spiro atoms. The monoisotopic (exact) mass is 583 g/mol. The Balaban J connectivity index is 0. The lowest BCUT2D eigenvalue weighted by Gasteiger charge is -2.05. The summed E-state index contributed by atoms with van der Waals surface area (Å²) < 4.78 is 10.4. The summed E-state index contributed by atoms with van der Waals surface area (Å²) in [5.41, 5.74) is 0. The fraction of sp³-hybridized carbons (Fsp3) is 0.946. The summed E-state index contributed by atoms with van der Waals surface area (Å²) in [5.74, 6) is 0.00260. The second-order valence-corrected chi connectivity index (χ2v) is 12.1. The number of hydrogen-bond acceptors (Lipinski definition) is 4. The summed E-state index contributed by atoms with van der Waals surface area (Å²) in [4.78, 5) is 22.9. The molecule has 0 heterocycles. The van der Waals surface area contributed by atoms with Gasteiger partial charge < -0.3 is 9.47 Å². The van der Waals surface area contributed by atoms with Crippen molar-refractivity contribution in [2.45, 2.75) is 214 Å². The molecule has 41 heavy (non-hydrogen) atoms. The SMILES string of the molecule is CCCCCCCCCCCC(=O)OCCCCCCC.CCCCCCCCCCCCCC(=O)OCCCC. The first-order valence-electron chi connectivity index (χ1n) is 18.4. The minimum atomic E-state index is -0.00521. The molecule has 4 heteroatoms. The van der Waals surface area contributed by atoms with Crippen LogP contribution in [0, 0.1) is 0 Å². The van der Waals surface area contributed by atoms with Crippen LogP contribution in [0.25, 0.3) is 0 Å². The van der Waals surface area contributed by atoms with Gasteiger partial charge in [0.25, 0.3) is 0 Å². The van der Waals surface area contributed by atoms with E-state index in [0.717, 1.165) is 32.1 Å². The van der Waals surface area contributed by atoms with E-state index >= 15 is 0 Å². The third kappa shape index (κ3) is 41.1. The Bertz CT molecular complexity index is 505. The number of esters is 2. The van der Waals surface area contributed by atoms with E-state index in [-0.39, 0.29) is 11.9 Å². The van der Waals surface area contributed by atoms with Crippen LogP contribution in [0.1, 0.15) is 214 Å². The van der Waals surface area contributed by atoms with Gasteiger partial charge in [0.05, 0.1) is 13.2 Å². The maximum Gasteiger partial charge on any atom is 0.305 e. The van der Waals surface area contributed by atoms with Crippen molar-refractivity contribution in [3.8, 4) is 0 Å². The molecule has 0 aliphatic heterocycles. The smallest absolute Gasteiger partial charge is 0.305 e. The van der Waals surface area contributed by atoms with Gasteiger partial charge in [0.1, 0.15) is 0 Å². The molecule has 0 amide bonds. The highest BCUT2D eigenvalue weighted by molar-refractivity contribution is 5.69. The van der Waals surface area contributed by atoms with Gasteiger partial charge in [0.15, 0.2) is 0 Å². The van der Waals surface area contributed by atoms with Crippen LogP contribution in [0.3, 0.4) is 0 Å². The van der Waals surface area contributed by atoms with Crippen LogP contribution < -0.4 is 0 Å². The van der Waals surface area contributed by atoms with Crippen LogP contribution in [-0.4, -0.2) is 25.2 Å². The van der Waals surface area contributed by atoms with Gasteiger partial charge in [-0.25, -0.2) is 0 Å². The van der Waals surface area contributed by atoms with E-state index in [2.05, 4.69) is 27.7 Å². The second-order valence-electron chi connectivity index (χ2n) is 12.1. The number of carbonyl (C=O) groups excluding carboxylic acids is 2. The maximum atomic E-state index is 11.5. The van der Waals surface area contributed by atoms with Crippen molar-refractivity contribution in [2.24, 2.45) is 0 Å². The molecule has 246 valence electrons. The highest BCUT2D eigenvalue weighted by atomic mass is 16.5. The number of unbranched alkanes of at least 4 members (excludes halogenated alkanes) is 23. The first kappa shape index (κ1) is 42.1. The molecule has 0 aromatic heterocycles. The van der Waals surface area contributed by atoms with Crippen molar-refractivity contribution in [3.63, 3.8) is 0 Å². The second kappa shape index (κ2) is 38.9. The lowest BCUT2D eigenvalue weighted by atomic mass is 10.1. The molecule has 0 radical (unpaired) electrons. The van der Waals surface area contributed by atoms with Gasteiger partial charge >= 0.3 is 11.9 Å². The van der Waals surface area contributed by atoms with Crippen LogP contribution in [0.15, 0.2) is 0 Å². The number of ether oxygens (including phenoxy) is 2. The Labute approximate surface area is 257 Å². The van der Waals surface area contributed by atoms with E-state index in [1.54, 1.807) is 0 Å². The third-order valence-corrected chi connectivity index (χ3v) is 7.74. The van der Waals surface area contributed by atoms with Crippen molar-refractivity contribution in [2.75, 3.05) is 13.2 Å². The quantitative estimate of drug-likeness (QED) is 0.0602. The minimum Gasteiger partial charge on any atom is -0.466 e. The molecule has 0 rings (SSSR count). The molecule has 0 bridgehead atoms. The first-order chi connectivity index (χ1) is 20.1. The molecule has 0 aromatic rings. The highest BCUT2D eigenvalue weighted by Crippen LogP contribution is 2.13. The summed E-state index contributed by atoms with van der Waals surface area (Å²) >= 11 is 0. The Morgan fingerprint density at radius 1 is 0.317 bits per heavy atom. The van der Waals surface area contributed by atoms with Gasteiger partial charge in [-0.1, -0.05) is 175 Å². The largest absolute Gasteiger partial charge is 0.466 e. The predicted molar refractivity (Wildman–Crippen MR) is 179 cm³/mol. The molecular formula is C37H74O4. The van der Waals surface area contributed by atoms with Crippen molar-refractivity contribution < 1.29 is 19.1 Å². The van der Waals surface area contributed by atoms with Crippen LogP contribution in [0.2, 0.25) is 0 Å². The zero-order valence-corrected chi connectivity index (χ0v) is 28.6. The molecule has 0 atom stereocenters. The zero-order chi connectivity index (χ0) is 30.5. The lowest BCUT2D eigenvalue weighted by molar-refractivity contribution is -0.144. The molecule has 0 fully saturated rings. The van der Waals surface area contributed by atoms with Crippen LogP contribution in [0.4, 0.5) is 0 Å². The van der Waals surface area contributed by atoms with Gasteiger partial charge in [0, 0.05) is 12.8 Å². The van der Waals surface area contributed by atoms with Gasteiger partial charge in [0.2, 0.25) is 0 Å². The maximum absolute atomic E-state index is 11.5. The molecule has 0 unspecified atom stereocenters. The standard InChI is InChI=1S/C19H38O2.C18H36O2/c1-3-5-7-9-10-11-12-13-15-17-19(20)21-18-16-14-8-6-4-2;1-3-5-7-8-9-10-11-12-13-14-15-16-18(19)20-17-6-4-2/h3-18H2,1-2H3;3-17H2,1-2H3. The minimum absolute atomic E-state index is 0.00521. The zero-order valence-electron chi connectivity index (χ0n) is 28.6. The number of hydrogen-bond donors (Lipinski definition) is 0. The Hall–Kier alpha value is -1.06. The van der Waals surface area contributed by atoms with Crippen molar-refractivity contribution in [1.29, 1.82) is 0 Å². The fourth-order valence-corrected chi connectivity index (χ4v) is 4.88. The summed E-state index contributed by atoms with van der Waals surface area (Å²) in [7, 11) is 0. The molecule has 0 aromatic carbocycles. The summed E-state index contributed by atoms with van der Waals surface area (Å²) in [6, 6.07) is 0. The molecule has 0 saturated heterocycles. The predicted octanol–water partition coefficient (Wildman–Crippen LogP) is 12.5. The van der Waals surface area contributed by atoms with E-state index < -0.39 is 0 Å². The van der Waals surface area contributed by atoms with Crippen LogP contribution in [0.5, 0.6) is 0 Å². The van der Waals surface area contributed by atoms with Crippen molar-refractivity contribution in [3.05, 3.63) is 0 Å². The topological polar surface area (TPSA) is 52.6 Å². The molecule has 0 saturated carbocycles. The van der Waals surface area contributed by atoms with Crippen LogP contribution >= 0.6 is 0 Å². The van der Waals surface area contributed by atoms with E-state index in [1.165, 1.54) is 141 Å². The Kier molecular flexibility index (Phi) is 40.0. The Morgan fingerprint density at radius 3 is 0.878 bits per heavy atom. The van der Waals surface area contributed by atoms with Crippen molar-refractivity contribution >= 4 is 11.9 Å². The van der Waals surface area contributed by atoms with E-state index in [0.29, 0.717) is 26.1 Å². The lowest BCUT2D eigenvalue weighted by Crippen LogP contribution is -2.05. The number of carbonyl (C=O) groups is 2. The average molecular weight is 583 g/mol. The van der Waals surface area contributed by atoms with E-state index in [1.807, 2.05) is 0 Å². The fourth-order valence-electron chi connectivity index (χ4n) is 4.88. The summed E-state index contributed by atoms with van der Waals surface area (Å²) in [6.07, 6.45) is 35.5. The summed E-state index contributed by atoms with van der Waals surface area (Å²) in [5, 5.41) is 0. The molecular weight excluding hydrogens is 508 g/mol. The average Bonchev–Trinajstić information content (AvgIpc) is 2.97. The normalized spacial score (nSPS) is 10.7. The van der Waals surface area contributed by atoms with Gasteiger partial charge in [-0.3, -0.25) is 9.59 Å².